The van der Waals surface area contributed by atoms with E-state index in [1.165, 1.54) is 48.5 Å². The summed E-state index contributed by atoms with van der Waals surface area (Å²) in [7, 11) is -3.80. The molecule has 0 bridgehead atoms. The minimum Gasteiger partial charge on any atom is -0.416 e. The first-order chi connectivity index (χ1) is 13.8. The monoisotopic (exact) mass is 414 g/mol. The summed E-state index contributed by atoms with van der Waals surface area (Å²) in [5.74, 6) is 0.272. The Morgan fingerprint density at radius 1 is 0.690 bits per heavy atom. The summed E-state index contributed by atoms with van der Waals surface area (Å²) < 4.78 is 24.6. The van der Waals surface area contributed by atoms with Crippen LogP contribution in [0.5, 0.6) is 11.5 Å². The Morgan fingerprint density at radius 3 is 1.48 bits per heavy atom. The summed E-state index contributed by atoms with van der Waals surface area (Å²) in [6.07, 6.45) is -0.0676. The van der Waals surface area contributed by atoms with E-state index in [1.807, 2.05) is 6.07 Å². The lowest BCUT2D eigenvalue weighted by Gasteiger charge is -2.20. The molecule has 0 radical (unpaired) electrons. The predicted octanol–water partition coefficient (Wildman–Crippen LogP) is 5.35. The molecule has 0 fully saturated rings. The van der Waals surface area contributed by atoms with Crippen molar-refractivity contribution in [3.8, 4) is 11.5 Å². The molecule has 10 heteroatoms. The molecule has 9 nitrogen and oxygen atoms in total. The third-order valence-electron chi connectivity index (χ3n) is 3.80. The van der Waals surface area contributed by atoms with Crippen molar-refractivity contribution < 1.29 is 23.5 Å². The summed E-state index contributed by atoms with van der Waals surface area (Å²) in [5.41, 5.74) is 0.428. The lowest BCUT2D eigenvalue weighted by atomic mass is 10.2. The van der Waals surface area contributed by atoms with E-state index in [4.69, 9.17) is 9.05 Å². The van der Waals surface area contributed by atoms with E-state index in [1.54, 1.807) is 24.3 Å². The molecular formula is C19H15N2O7P. The molecule has 3 aromatic rings. The Kier molecular flexibility index (Phi) is 5.90. The van der Waals surface area contributed by atoms with Gasteiger partial charge in [-0.05, 0) is 29.8 Å². The lowest BCUT2D eigenvalue weighted by Crippen LogP contribution is -2.04. The van der Waals surface area contributed by atoms with Crippen LogP contribution < -0.4 is 9.05 Å². The third kappa shape index (κ3) is 5.40. The van der Waals surface area contributed by atoms with Gasteiger partial charge in [0, 0.05) is 24.3 Å². The first-order valence-electron chi connectivity index (χ1n) is 8.36. The van der Waals surface area contributed by atoms with Crippen molar-refractivity contribution in [2.45, 2.75) is 6.16 Å². The molecule has 0 aromatic heterocycles. The maximum Gasteiger partial charge on any atom is 0.435 e. The largest absolute Gasteiger partial charge is 0.435 e. The average Bonchev–Trinajstić information content (AvgIpc) is 2.69. The summed E-state index contributed by atoms with van der Waals surface area (Å²) in [5, 5.41) is 21.6. The van der Waals surface area contributed by atoms with Crippen molar-refractivity contribution in [3.05, 3.63) is 105 Å². The summed E-state index contributed by atoms with van der Waals surface area (Å²) in [4.78, 5) is 20.5. The van der Waals surface area contributed by atoms with E-state index in [0.717, 1.165) is 0 Å². The molecule has 3 rings (SSSR count). The van der Waals surface area contributed by atoms with Gasteiger partial charge in [0.1, 0.15) is 11.5 Å². The molecule has 0 amide bonds. The Bertz CT molecular complexity index is 991. The standard InChI is InChI=1S/C19H15N2O7P/c22-20(23)16-6-10-18(11-7-16)27-29(26,14-15-4-2-1-3-5-15)28-19-12-8-17(9-13-19)21(24)25/h1-13H,14H2. The SMILES string of the molecule is O=[N+]([O-])c1ccc(OP(=O)(Cc2ccccc2)Oc2ccc([N+](=O)[O-])cc2)cc1. The van der Waals surface area contributed by atoms with Gasteiger partial charge in [0.2, 0.25) is 0 Å². The van der Waals surface area contributed by atoms with E-state index in [2.05, 4.69) is 0 Å². The highest BCUT2D eigenvalue weighted by atomic mass is 31.2. The molecule has 0 aliphatic heterocycles. The normalized spacial score (nSPS) is 10.9. The Labute approximate surface area is 165 Å². The number of nitro benzene ring substituents is 2. The smallest absolute Gasteiger partial charge is 0.416 e. The van der Waals surface area contributed by atoms with Crippen molar-refractivity contribution in [3.63, 3.8) is 0 Å². The summed E-state index contributed by atoms with van der Waals surface area (Å²) in [6.45, 7) is 0. The van der Waals surface area contributed by atoms with Gasteiger partial charge >= 0.3 is 7.60 Å². The number of hydrogen-bond donors (Lipinski definition) is 0. The van der Waals surface area contributed by atoms with Gasteiger partial charge in [-0.2, -0.15) is 0 Å². The molecule has 0 aliphatic carbocycles. The summed E-state index contributed by atoms with van der Waals surface area (Å²) in [6, 6.07) is 19.1. The quantitative estimate of drug-likeness (QED) is 0.276. The van der Waals surface area contributed by atoms with Crippen LogP contribution in [0, 0.1) is 20.2 Å². The second kappa shape index (κ2) is 8.53. The zero-order chi connectivity index (χ0) is 20.9. The molecule has 0 saturated carbocycles. The van der Waals surface area contributed by atoms with Crippen molar-refractivity contribution in [1.29, 1.82) is 0 Å². The number of non-ortho nitro benzene ring substituents is 2. The Morgan fingerprint density at radius 2 is 1.10 bits per heavy atom. The first-order valence-corrected chi connectivity index (χ1v) is 10.1. The zero-order valence-corrected chi connectivity index (χ0v) is 15.8. The van der Waals surface area contributed by atoms with Gasteiger partial charge in [-0.3, -0.25) is 20.2 Å². The second-order valence-electron chi connectivity index (χ2n) is 5.94. The third-order valence-corrected chi connectivity index (χ3v) is 5.53. The molecule has 0 spiro atoms. The fraction of sp³-hybridized carbons (Fsp3) is 0.0526. The summed E-state index contributed by atoms with van der Waals surface area (Å²) >= 11 is 0. The molecule has 0 aliphatic rings. The molecule has 29 heavy (non-hydrogen) atoms. The van der Waals surface area contributed by atoms with Gasteiger partial charge in [-0.25, -0.2) is 4.57 Å². The molecule has 0 saturated heterocycles. The van der Waals surface area contributed by atoms with E-state index in [-0.39, 0.29) is 29.0 Å². The van der Waals surface area contributed by atoms with Crippen LogP contribution in [0.4, 0.5) is 11.4 Å². The van der Waals surface area contributed by atoms with Gasteiger partial charge < -0.3 is 9.05 Å². The van der Waals surface area contributed by atoms with Crippen molar-refractivity contribution in [2.24, 2.45) is 0 Å². The lowest BCUT2D eigenvalue weighted by molar-refractivity contribution is -0.385. The van der Waals surface area contributed by atoms with E-state index < -0.39 is 17.4 Å². The van der Waals surface area contributed by atoms with Crippen LogP contribution in [-0.4, -0.2) is 9.85 Å². The van der Waals surface area contributed by atoms with Crippen molar-refractivity contribution in [2.75, 3.05) is 0 Å². The maximum absolute atomic E-state index is 13.4. The van der Waals surface area contributed by atoms with E-state index in [0.29, 0.717) is 5.56 Å². The van der Waals surface area contributed by atoms with Crippen LogP contribution >= 0.6 is 7.60 Å². The topological polar surface area (TPSA) is 122 Å². The minimum absolute atomic E-state index is 0.0676. The van der Waals surface area contributed by atoms with Crippen LogP contribution in [0.1, 0.15) is 5.56 Å². The first kappa shape index (κ1) is 20.0. The Balaban J connectivity index is 1.87. The van der Waals surface area contributed by atoms with Crippen LogP contribution in [0.15, 0.2) is 78.9 Å². The molecule has 0 heterocycles. The molecule has 0 N–H and O–H groups in total. The molecule has 0 unspecified atom stereocenters. The number of nitrogens with zero attached hydrogens (tertiary/aromatic N) is 2. The molecule has 148 valence electrons. The number of rotatable bonds is 8. The van der Waals surface area contributed by atoms with Gasteiger partial charge in [-0.1, -0.05) is 30.3 Å². The minimum atomic E-state index is -3.80. The van der Waals surface area contributed by atoms with Crippen LogP contribution in [0.2, 0.25) is 0 Å². The maximum atomic E-state index is 13.4. The highest BCUT2D eigenvalue weighted by Gasteiger charge is 2.29. The van der Waals surface area contributed by atoms with Crippen LogP contribution in [-0.2, 0) is 10.7 Å². The highest BCUT2D eigenvalue weighted by molar-refractivity contribution is 7.53. The van der Waals surface area contributed by atoms with Gasteiger partial charge in [0.25, 0.3) is 11.4 Å². The zero-order valence-electron chi connectivity index (χ0n) is 14.9. The highest BCUT2D eigenvalue weighted by Crippen LogP contribution is 2.51. The van der Waals surface area contributed by atoms with Gasteiger partial charge in [-0.15, -0.1) is 0 Å². The average molecular weight is 414 g/mol. The molecule has 3 aromatic carbocycles. The van der Waals surface area contributed by atoms with Crippen LogP contribution in [0.3, 0.4) is 0 Å². The fourth-order valence-corrected chi connectivity index (χ4v) is 4.18. The predicted molar refractivity (Wildman–Crippen MR) is 105 cm³/mol. The van der Waals surface area contributed by atoms with Crippen molar-refractivity contribution in [1.82, 2.24) is 0 Å². The molecular weight excluding hydrogens is 399 g/mol. The number of hydrogen-bond acceptors (Lipinski definition) is 7. The number of nitro groups is 2. The van der Waals surface area contributed by atoms with Gasteiger partial charge in [0.15, 0.2) is 0 Å². The second-order valence-corrected chi connectivity index (χ2v) is 7.84. The van der Waals surface area contributed by atoms with E-state index in [9.17, 15) is 24.8 Å². The Hall–Kier alpha value is -3.71. The fourth-order valence-electron chi connectivity index (χ4n) is 2.47. The molecule has 0 atom stereocenters. The van der Waals surface area contributed by atoms with Crippen LogP contribution in [0.25, 0.3) is 0 Å². The van der Waals surface area contributed by atoms with Crippen molar-refractivity contribution >= 4 is 19.0 Å². The number of benzene rings is 3. The van der Waals surface area contributed by atoms with E-state index >= 15 is 0 Å². The van der Waals surface area contributed by atoms with Gasteiger partial charge in [0.05, 0.1) is 16.0 Å².